The zero-order valence-electron chi connectivity index (χ0n) is 10.2. The molecule has 0 amide bonds. The van der Waals surface area contributed by atoms with Gasteiger partial charge < -0.3 is 10.4 Å². The summed E-state index contributed by atoms with van der Waals surface area (Å²) in [5.41, 5.74) is 2.87. The van der Waals surface area contributed by atoms with Crippen LogP contribution in [0, 0.1) is 6.92 Å². The molecule has 0 aliphatic rings. The quantitative estimate of drug-likeness (QED) is 0.878. The SMILES string of the molecule is Cc1ccc(NCC(O)c2ccccc2)cc1Cl. The molecule has 0 heterocycles. The molecular weight excluding hydrogens is 246 g/mol. The molecule has 1 atom stereocenters. The van der Waals surface area contributed by atoms with Crippen molar-refractivity contribution in [3.05, 3.63) is 64.7 Å². The van der Waals surface area contributed by atoms with Gasteiger partial charge in [0, 0.05) is 17.3 Å². The number of rotatable bonds is 4. The summed E-state index contributed by atoms with van der Waals surface area (Å²) in [6, 6.07) is 15.4. The summed E-state index contributed by atoms with van der Waals surface area (Å²) < 4.78 is 0. The third kappa shape index (κ3) is 3.25. The van der Waals surface area contributed by atoms with Gasteiger partial charge in [0.05, 0.1) is 6.10 Å². The van der Waals surface area contributed by atoms with Crippen LogP contribution in [0.2, 0.25) is 5.02 Å². The third-order valence-electron chi connectivity index (χ3n) is 2.86. The Labute approximate surface area is 112 Å². The van der Waals surface area contributed by atoms with Crippen molar-refractivity contribution in [3.63, 3.8) is 0 Å². The summed E-state index contributed by atoms with van der Waals surface area (Å²) in [7, 11) is 0. The van der Waals surface area contributed by atoms with Crippen LogP contribution in [0.3, 0.4) is 0 Å². The minimum atomic E-state index is -0.522. The van der Waals surface area contributed by atoms with Crippen molar-refractivity contribution in [2.75, 3.05) is 11.9 Å². The van der Waals surface area contributed by atoms with E-state index in [1.54, 1.807) is 0 Å². The highest BCUT2D eigenvalue weighted by atomic mass is 35.5. The minimum Gasteiger partial charge on any atom is -0.387 e. The second kappa shape index (κ2) is 5.89. The van der Waals surface area contributed by atoms with Crippen molar-refractivity contribution in [3.8, 4) is 0 Å². The standard InChI is InChI=1S/C15H16ClNO/c1-11-7-8-13(9-14(11)16)17-10-15(18)12-5-3-2-4-6-12/h2-9,15,17-18H,10H2,1H3. The van der Waals surface area contributed by atoms with E-state index in [9.17, 15) is 5.11 Å². The number of halogens is 1. The first kappa shape index (κ1) is 12.9. The summed E-state index contributed by atoms with van der Waals surface area (Å²) in [6.07, 6.45) is -0.522. The summed E-state index contributed by atoms with van der Waals surface area (Å²) >= 11 is 6.04. The van der Waals surface area contributed by atoms with Gasteiger partial charge in [-0.1, -0.05) is 48.0 Å². The molecule has 0 saturated heterocycles. The van der Waals surface area contributed by atoms with Gasteiger partial charge in [-0.3, -0.25) is 0 Å². The first-order valence-corrected chi connectivity index (χ1v) is 6.27. The number of nitrogens with one attached hydrogen (secondary N) is 1. The molecule has 0 aromatic heterocycles. The summed E-state index contributed by atoms with van der Waals surface area (Å²) in [5.74, 6) is 0. The lowest BCUT2D eigenvalue weighted by Crippen LogP contribution is -2.11. The molecule has 2 aromatic carbocycles. The molecule has 2 N–H and O–H groups in total. The molecule has 0 saturated carbocycles. The maximum absolute atomic E-state index is 10.0. The highest BCUT2D eigenvalue weighted by molar-refractivity contribution is 6.31. The van der Waals surface area contributed by atoms with E-state index < -0.39 is 6.10 Å². The van der Waals surface area contributed by atoms with Crippen molar-refractivity contribution in [1.82, 2.24) is 0 Å². The van der Waals surface area contributed by atoms with E-state index in [1.165, 1.54) is 0 Å². The van der Waals surface area contributed by atoms with Crippen LogP contribution in [0.4, 0.5) is 5.69 Å². The fourth-order valence-electron chi connectivity index (χ4n) is 1.71. The predicted octanol–water partition coefficient (Wildman–Crippen LogP) is 3.79. The van der Waals surface area contributed by atoms with Crippen LogP contribution in [-0.2, 0) is 0 Å². The van der Waals surface area contributed by atoms with Crippen LogP contribution in [0.1, 0.15) is 17.2 Å². The number of anilines is 1. The van der Waals surface area contributed by atoms with Gasteiger partial charge in [0.2, 0.25) is 0 Å². The molecular formula is C15H16ClNO. The fourth-order valence-corrected chi connectivity index (χ4v) is 1.89. The molecule has 2 nitrogen and oxygen atoms in total. The van der Waals surface area contributed by atoms with Crippen molar-refractivity contribution in [2.45, 2.75) is 13.0 Å². The van der Waals surface area contributed by atoms with Gasteiger partial charge in [-0.25, -0.2) is 0 Å². The van der Waals surface area contributed by atoms with Gasteiger partial charge in [-0.15, -0.1) is 0 Å². The zero-order chi connectivity index (χ0) is 13.0. The Hall–Kier alpha value is -1.51. The molecule has 1 unspecified atom stereocenters. The maximum Gasteiger partial charge on any atom is 0.0962 e. The maximum atomic E-state index is 10.0. The van der Waals surface area contributed by atoms with Crippen molar-refractivity contribution in [2.24, 2.45) is 0 Å². The Morgan fingerprint density at radius 1 is 1.17 bits per heavy atom. The lowest BCUT2D eigenvalue weighted by molar-refractivity contribution is 0.191. The summed E-state index contributed by atoms with van der Waals surface area (Å²) in [5, 5.41) is 13.9. The molecule has 2 rings (SSSR count). The van der Waals surface area contributed by atoms with Gasteiger partial charge in [0.1, 0.15) is 0 Å². The van der Waals surface area contributed by atoms with Gasteiger partial charge in [-0.2, -0.15) is 0 Å². The highest BCUT2D eigenvalue weighted by Gasteiger charge is 2.06. The molecule has 0 aliphatic heterocycles. The van der Waals surface area contributed by atoms with Gasteiger partial charge in [-0.05, 0) is 30.2 Å². The topological polar surface area (TPSA) is 32.3 Å². The third-order valence-corrected chi connectivity index (χ3v) is 3.26. The zero-order valence-corrected chi connectivity index (χ0v) is 11.0. The van der Waals surface area contributed by atoms with Gasteiger partial charge in [0.15, 0.2) is 0 Å². The van der Waals surface area contributed by atoms with Crippen LogP contribution < -0.4 is 5.32 Å². The van der Waals surface area contributed by atoms with Crippen molar-refractivity contribution >= 4 is 17.3 Å². The van der Waals surface area contributed by atoms with E-state index in [-0.39, 0.29) is 0 Å². The van der Waals surface area contributed by atoms with E-state index in [4.69, 9.17) is 11.6 Å². The van der Waals surface area contributed by atoms with E-state index in [0.717, 1.165) is 21.8 Å². The largest absolute Gasteiger partial charge is 0.387 e. The second-order valence-corrected chi connectivity index (χ2v) is 4.68. The van der Waals surface area contributed by atoms with Crippen LogP contribution in [-0.4, -0.2) is 11.7 Å². The van der Waals surface area contributed by atoms with Crippen LogP contribution in [0.25, 0.3) is 0 Å². The Bertz CT molecular complexity index is 513. The van der Waals surface area contributed by atoms with Gasteiger partial charge >= 0.3 is 0 Å². The molecule has 3 heteroatoms. The molecule has 94 valence electrons. The van der Waals surface area contributed by atoms with E-state index in [2.05, 4.69) is 5.32 Å². The lowest BCUT2D eigenvalue weighted by Gasteiger charge is -2.13. The van der Waals surface area contributed by atoms with Crippen LogP contribution in [0.5, 0.6) is 0 Å². The van der Waals surface area contributed by atoms with Crippen LogP contribution in [0.15, 0.2) is 48.5 Å². The number of hydrogen-bond acceptors (Lipinski definition) is 2. The normalized spacial score (nSPS) is 12.2. The second-order valence-electron chi connectivity index (χ2n) is 4.27. The smallest absolute Gasteiger partial charge is 0.0962 e. The van der Waals surface area contributed by atoms with Crippen molar-refractivity contribution < 1.29 is 5.11 Å². The molecule has 0 spiro atoms. The first-order chi connectivity index (χ1) is 8.66. The monoisotopic (exact) mass is 261 g/mol. The molecule has 2 aromatic rings. The molecule has 0 bridgehead atoms. The summed E-state index contributed by atoms with van der Waals surface area (Å²) in [4.78, 5) is 0. The average Bonchev–Trinajstić information content (AvgIpc) is 2.41. The Morgan fingerprint density at radius 2 is 1.89 bits per heavy atom. The first-order valence-electron chi connectivity index (χ1n) is 5.90. The number of aryl methyl sites for hydroxylation is 1. The Balaban J connectivity index is 1.97. The Morgan fingerprint density at radius 3 is 2.56 bits per heavy atom. The molecule has 0 fully saturated rings. The molecule has 18 heavy (non-hydrogen) atoms. The highest BCUT2D eigenvalue weighted by Crippen LogP contribution is 2.21. The number of benzene rings is 2. The summed E-state index contributed by atoms with van der Waals surface area (Å²) in [6.45, 7) is 2.42. The van der Waals surface area contributed by atoms with Gasteiger partial charge in [0.25, 0.3) is 0 Å². The Kier molecular flexibility index (Phi) is 4.24. The predicted molar refractivity (Wildman–Crippen MR) is 76.1 cm³/mol. The lowest BCUT2D eigenvalue weighted by atomic mass is 10.1. The number of hydrogen-bond donors (Lipinski definition) is 2. The van der Waals surface area contributed by atoms with E-state index in [1.807, 2.05) is 55.5 Å². The minimum absolute atomic E-state index is 0.462. The van der Waals surface area contributed by atoms with E-state index in [0.29, 0.717) is 6.54 Å². The number of aliphatic hydroxyl groups excluding tert-OH is 1. The van der Waals surface area contributed by atoms with Crippen molar-refractivity contribution in [1.29, 1.82) is 0 Å². The number of aliphatic hydroxyl groups is 1. The van der Waals surface area contributed by atoms with E-state index >= 15 is 0 Å². The van der Waals surface area contributed by atoms with Crippen LogP contribution >= 0.6 is 11.6 Å². The molecule has 0 aliphatic carbocycles. The fraction of sp³-hybridized carbons (Fsp3) is 0.200. The molecule has 0 radical (unpaired) electrons. The average molecular weight is 262 g/mol.